The lowest BCUT2D eigenvalue weighted by Crippen LogP contribution is -2.49. The molecular formula is C16H26ClN3O2. The van der Waals surface area contributed by atoms with Gasteiger partial charge in [0.05, 0.1) is 13.7 Å². The van der Waals surface area contributed by atoms with E-state index in [4.69, 9.17) is 4.74 Å². The van der Waals surface area contributed by atoms with Gasteiger partial charge in [-0.2, -0.15) is 0 Å². The van der Waals surface area contributed by atoms with Crippen molar-refractivity contribution in [3.63, 3.8) is 0 Å². The minimum absolute atomic E-state index is 0. The average molecular weight is 328 g/mol. The van der Waals surface area contributed by atoms with Crippen molar-refractivity contribution in [1.82, 2.24) is 15.1 Å². The van der Waals surface area contributed by atoms with Crippen LogP contribution in [0.15, 0.2) is 18.2 Å². The summed E-state index contributed by atoms with van der Waals surface area (Å²) < 4.78 is 5.34. The Morgan fingerprint density at radius 2 is 2.05 bits per heavy atom. The Bertz CT molecular complexity index is 490. The van der Waals surface area contributed by atoms with E-state index < -0.39 is 0 Å². The first kappa shape index (κ1) is 18.7. The van der Waals surface area contributed by atoms with Crippen molar-refractivity contribution in [2.75, 3.05) is 46.9 Å². The standard InChI is InChI=1S/C16H25N3O2.ClH/c1-13-4-5-14(10-15(13)21-3)11-18(2)12-16(20)19-8-6-17-7-9-19;/h4-5,10,17H,6-9,11-12H2,1-3H3;1H. The minimum Gasteiger partial charge on any atom is -0.496 e. The summed E-state index contributed by atoms with van der Waals surface area (Å²) in [7, 11) is 3.66. The lowest BCUT2D eigenvalue weighted by molar-refractivity contribution is -0.132. The maximum Gasteiger partial charge on any atom is 0.236 e. The second kappa shape index (κ2) is 8.98. The van der Waals surface area contributed by atoms with Gasteiger partial charge in [-0.1, -0.05) is 12.1 Å². The summed E-state index contributed by atoms with van der Waals surface area (Å²) in [6, 6.07) is 6.19. The molecule has 124 valence electrons. The van der Waals surface area contributed by atoms with Crippen molar-refractivity contribution in [2.24, 2.45) is 0 Å². The number of likely N-dealkylation sites (N-methyl/N-ethyl adjacent to an activating group) is 1. The molecule has 1 aliphatic heterocycles. The summed E-state index contributed by atoms with van der Waals surface area (Å²) in [6.07, 6.45) is 0. The molecule has 0 bridgehead atoms. The molecule has 1 heterocycles. The predicted molar refractivity (Wildman–Crippen MR) is 90.8 cm³/mol. The number of piperazine rings is 1. The summed E-state index contributed by atoms with van der Waals surface area (Å²) in [5.74, 6) is 1.10. The van der Waals surface area contributed by atoms with Crippen molar-refractivity contribution >= 4 is 18.3 Å². The summed E-state index contributed by atoms with van der Waals surface area (Å²) in [5.41, 5.74) is 2.29. The van der Waals surface area contributed by atoms with Crippen LogP contribution in [0.1, 0.15) is 11.1 Å². The maximum atomic E-state index is 12.2. The van der Waals surface area contributed by atoms with Gasteiger partial charge in [0.1, 0.15) is 5.75 Å². The van der Waals surface area contributed by atoms with Crippen molar-refractivity contribution in [3.8, 4) is 5.75 Å². The van der Waals surface area contributed by atoms with Crippen LogP contribution in [0.2, 0.25) is 0 Å². The summed E-state index contributed by atoms with van der Waals surface area (Å²) in [5, 5.41) is 3.26. The van der Waals surface area contributed by atoms with Crippen LogP contribution in [0.4, 0.5) is 0 Å². The molecule has 1 aromatic carbocycles. The smallest absolute Gasteiger partial charge is 0.236 e. The molecular weight excluding hydrogens is 302 g/mol. The number of rotatable bonds is 5. The Morgan fingerprint density at radius 3 is 2.68 bits per heavy atom. The zero-order valence-corrected chi connectivity index (χ0v) is 14.4. The third kappa shape index (κ3) is 5.16. The van der Waals surface area contributed by atoms with Crippen LogP contribution >= 0.6 is 12.4 Å². The van der Waals surface area contributed by atoms with Gasteiger partial charge in [0, 0.05) is 32.7 Å². The van der Waals surface area contributed by atoms with Gasteiger partial charge < -0.3 is 15.0 Å². The van der Waals surface area contributed by atoms with Crippen molar-refractivity contribution in [2.45, 2.75) is 13.5 Å². The number of aryl methyl sites for hydroxylation is 1. The molecule has 0 aliphatic carbocycles. The van der Waals surface area contributed by atoms with Gasteiger partial charge in [-0.05, 0) is 31.2 Å². The van der Waals surface area contributed by atoms with Gasteiger partial charge in [0.2, 0.25) is 5.91 Å². The molecule has 1 saturated heterocycles. The van der Waals surface area contributed by atoms with Crippen LogP contribution in [-0.4, -0.2) is 62.6 Å². The molecule has 5 nitrogen and oxygen atoms in total. The Kier molecular flexibility index (Phi) is 7.65. The first-order valence-electron chi connectivity index (χ1n) is 7.40. The number of nitrogens with zero attached hydrogens (tertiary/aromatic N) is 2. The summed E-state index contributed by atoms with van der Waals surface area (Å²) in [4.78, 5) is 16.2. The van der Waals surface area contributed by atoms with Gasteiger partial charge in [-0.3, -0.25) is 9.69 Å². The summed E-state index contributed by atoms with van der Waals surface area (Å²) >= 11 is 0. The van der Waals surface area contributed by atoms with E-state index in [1.165, 1.54) is 0 Å². The highest BCUT2D eigenvalue weighted by atomic mass is 35.5. The van der Waals surface area contributed by atoms with E-state index in [9.17, 15) is 4.79 Å². The van der Waals surface area contributed by atoms with Gasteiger partial charge in [0.25, 0.3) is 0 Å². The Balaban J connectivity index is 0.00000242. The molecule has 0 aromatic heterocycles. The van der Waals surface area contributed by atoms with Gasteiger partial charge in [0.15, 0.2) is 0 Å². The van der Waals surface area contributed by atoms with E-state index in [1.807, 2.05) is 24.9 Å². The maximum absolute atomic E-state index is 12.2. The van der Waals surface area contributed by atoms with Gasteiger partial charge >= 0.3 is 0 Å². The molecule has 2 rings (SSSR count). The number of carbonyl (C=O) groups excluding carboxylic acids is 1. The fourth-order valence-corrected chi connectivity index (χ4v) is 2.58. The molecule has 0 radical (unpaired) electrons. The number of methoxy groups -OCH3 is 1. The number of nitrogens with one attached hydrogen (secondary N) is 1. The zero-order chi connectivity index (χ0) is 15.2. The molecule has 0 spiro atoms. The molecule has 1 aliphatic rings. The van der Waals surface area contributed by atoms with Crippen LogP contribution in [-0.2, 0) is 11.3 Å². The SMILES string of the molecule is COc1cc(CN(C)CC(=O)N2CCNCC2)ccc1C.Cl. The topological polar surface area (TPSA) is 44.8 Å². The molecule has 22 heavy (non-hydrogen) atoms. The number of ether oxygens (including phenoxy) is 1. The summed E-state index contributed by atoms with van der Waals surface area (Å²) in [6.45, 7) is 6.64. The third-order valence-electron chi connectivity index (χ3n) is 3.80. The zero-order valence-electron chi connectivity index (χ0n) is 13.6. The monoisotopic (exact) mass is 327 g/mol. The normalized spacial score (nSPS) is 14.6. The van der Waals surface area contributed by atoms with Crippen molar-refractivity contribution < 1.29 is 9.53 Å². The Hall–Kier alpha value is -1.30. The molecule has 1 N–H and O–H groups in total. The Labute approximate surface area is 139 Å². The molecule has 1 aromatic rings. The highest BCUT2D eigenvalue weighted by molar-refractivity contribution is 5.85. The van der Waals surface area contributed by atoms with Crippen LogP contribution in [0.3, 0.4) is 0 Å². The predicted octanol–water partition coefficient (Wildman–Crippen LogP) is 1.29. The van der Waals surface area contributed by atoms with E-state index in [1.54, 1.807) is 7.11 Å². The minimum atomic E-state index is 0. The number of carbonyl (C=O) groups is 1. The average Bonchev–Trinajstić information content (AvgIpc) is 2.50. The van der Waals surface area contributed by atoms with Crippen LogP contribution in [0.25, 0.3) is 0 Å². The number of amides is 1. The lowest BCUT2D eigenvalue weighted by Gasteiger charge is -2.29. The van der Waals surface area contributed by atoms with E-state index in [2.05, 4.69) is 22.3 Å². The lowest BCUT2D eigenvalue weighted by atomic mass is 10.1. The van der Waals surface area contributed by atoms with Crippen LogP contribution < -0.4 is 10.1 Å². The van der Waals surface area contributed by atoms with Gasteiger partial charge in [-0.15, -0.1) is 12.4 Å². The first-order valence-corrected chi connectivity index (χ1v) is 7.40. The van der Waals surface area contributed by atoms with Gasteiger partial charge in [-0.25, -0.2) is 0 Å². The fraction of sp³-hybridized carbons (Fsp3) is 0.562. The third-order valence-corrected chi connectivity index (χ3v) is 3.80. The van der Waals surface area contributed by atoms with Crippen LogP contribution in [0.5, 0.6) is 5.75 Å². The first-order chi connectivity index (χ1) is 10.1. The Morgan fingerprint density at radius 1 is 1.36 bits per heavy atom. The number of benzene rings is 1. The molecule has 1 amide bonds. The van der Waals surface area contributed by atoms with Crippen molar-refractivity contribution in [1.29, 1.82) is 0 Å². The van der Waals surface area contributed by atoms with E-state index in [0.29, 0.717) is 6.54 Å². The number of halogens is 1. The van der Waals surface area contributed by atoms with Crippen LogP contribution in [0, 0.1) is 6.92 Å². The largest absolute Gasteiger partial charge is 0.496 e. The molecule has 0 atom stereocenters. The highest BCUT2D eigenvalue weighted by Crippen LogP contribution is 2.19. The second-order valence-corrected chi connectivity index (χ2v) is 5.61. The molecule has 1 fully saturated rings. The van der Waals surface area contributed by atoms with E-state index in [0.717, 1.165) is 49.6 Å². The van der Waals surface area contributed by atoms with Crippen molar-refractivity contribution in [3.05, 3.63) is 29.3 Å². The quantitative estimate of drug-likeness (QED) is 0.885. The molecule has 6 heteroatoms. The number of hydrogen-bond donors (Lipinski definition) is 1. The number of hydrogen-bond acceptors (Lipinski definition) is 4. The molecule has 0 unspecified atom stereocenters. The fourth-order valence-electron chi connectivity index (χ4n) is 2.58. The molecule has 0 saturated carbocycles. The van der Waals surface area contributed by atoms with E-state index in [-0.39, 0.29) is 18.3 Å². The highest BCUT2D eigenvalue weighted by Gasteiger charge is 2.17. The second-order valence-electron chi connectivity index (χ2n) is 5.61. The van der Waals surface area contributed by atoms with E-state index >= 15 is 0 Å².